The molecule has 4 rings (SSSR count). The molecule has 24 heavy (non-hydrogen) atoms. The van der Waals surface area contributed by atoms with Gasteiger partial charge in [0, 0.05) is 23.9 Å². The molecule has 0 amide bonds. The summed E-state index contributed by atoms with van der Waals surface area (Å²) in [7, 11) is 0. The van der Waals surface area contributed by atoms with E-state index in [9.17, 15) is 4.39 Å². The first-order valence-corrected chi connectivity index (χ1v) is 8.75. The highest BCUT2D eigenvalue weighted by atomic mass is 19.1. The first kappa shape index (κ1) is 15.3. The minimum Gasteiger partial charge on any atom is -0.482 e. The quantitative estimate of drug-likeness (QED) is 0.817. The van der Waals surface area contributed by atoms with E-state index in [4.69, 9.17) is 4.74 Å². The Morgan fingerprint density at radius 1 is 1.08 bits per heavy atom. The molecule has 2 nitrogen and oxygen atoms in total. The summed E-state index contributed by atoms with van der Waals surface area (Å²) in [5.74, 6) is 0.724. The van der Waals surface area contributed by atoms with Crippen LogP contribution < -0.4 is 10.1 Å². The average Bonchev–Trinajstić information content (AvgIpc) is 3.02. The summed E-state index contributed by atoms with van der Waals surface area (Å²) in [6, 6.07) is 13.0. The van der Waals surface area contributed by atoms with Crippen molar-refractivity contribution in [2.45, 2.75) is 38.2 Å². The van der Waals surface area contributed by atoms with Crippen molar-refractivity contribution in [2.75, 3.05) is 11.9 Å². The van der Waals surface area contributed by atoms with Crippen molar-refractivity contribution in [3.8, 4) is 5.75 Å². The van der Waals surface area contributed by atoms with Crippen LogP contribution in [0.15, 0.2) is 48.5 Å². The van der Waals surface area contributed by atoms with Gasteiger partial charge in [0.2, 0.25) is 0 Å². The SMILES string of the molecule is CCNc1ccc2c(c1)OC1(C=C2c2ccc(F)cc2)CCCC1. The fourth-order valence-electron chi connectivity index (χ4n) is 3.82. The molecular weight excluding hydrogens is 301 g/mol. The zero-order chi connectivity index (χ0) is 16.6. The number of hydrogen-bond donors (Lipinski definition) is 1. The lowest BCUT2D eigenvalue weighted by Crippen LogP contribution is -2.33. The van der Waals surface area contributed by atoms with Gasteiger partial charge >= 0.3 is 0 Å². The molecule has 0 atom stereocenters. The van der Waals surface area contributed by atoms with Crippen molar-refractivity contribution in [1.82, 2.24) is 0 Å². The van der Waals surface area contributed by atoms with Crippen LogP contribution in [0.2, 0.25) is 0 Å². The smallest absolute Gasteiger partial charge is 0.130 e. The van der Waals surface area contributed by atoms with E-state index in [-0.39, 0.29) is 11.4 Å². The minimum absolute atomic E-state index is 0.204. The lowest BCUT2D eigenvalue weighted by atomic mass is 9.87. The molecule has 0 saturated heterocycles. The molecule has 1 aliphatic heterocycles. The van der Waals surface area contributed by atoms with Crippen LogP contribution in [-0.4, -0.2) is 12.1 Å². The molecule has 3 heteroatoms. The molecule has 0 radical (unpaired) electrons. The zero-order valence-electron chi connectivity index (χ0n) is 13.9. The maximum absolute atomic E-state index is 13.3. The van der Waals surface area contributed by atoms with Crippen LogP contribution >= 0.6 is 0 Å². The molecule has 2 aromatic carbocycles. The number of nitrogens with one attached hydrogen (secondary N) is 1. The molecule has 1 heterocycles. The number of rotatable bonds is 3. The molecule has 0 aromatic heterocycles. The van der Waals surface area contributed by atoms with Gasteiger partial charge in [0.15, 0.2) is 0 Å². The molecular formula is C21H22FNO. The number of benzene rings is 2. The van der Waals surface area contributed by atoms with Crippen LogP contribution in [0.25, 0.3) is 5.57 Å². The number of halogens is 1. The van der Waals surface area contributed by atoms with Crippen LogP contribution in [0, 0.1) is 5.82 Å². The second kappa shape index (κ2) is 5.97. The zero-order valence-corrected chi connectivity index (χ0v) is 13.9. The van der Waals surface area contributed by atoms with Gasteiger partial charge in [-0.2, -0.15) is 0 Å². The summed E-state index contributed by atoms with van der Waals surface area (Å²) in [5.41, 5.74) is 4.15. The van der Waals surface area contributed by atoms with E-state index in [0.29, 0.717) is 0 Å². The summed E-state index contributed by atoms with van der Waals surface area (Å²) in [6.45, 7) is 2.97. The first-order chi connectivity index (χ1) is 11.7. The van der Waals surface area contributed by atoms with Gasteiger partial charge in [-0.05, 0) is 74.1 Å². The maximum Gasteiger partial charge on any atom is 0.130 e. The molecule has 1 spiro atoms. The normalized spacial score (nSPS) is 18.0. The second-order valence-electron chi connectivity index (χ2n) is 6.68. The van der Waals surface area contributed by atoms with E-state index >= 15 is 0 Å². The summed E-state index contributed by atoms with van der Waals surface area (Å²) in [5, 5.41) is 3.35. The van der Waals surface area contributed by atoms with Gasteiger partial charge in [0.25, 0.3) is 0 Å². The molecule has 2 aliphatic rings. The van der Waals surface area contributed by atoms with Gasteiger partial charge in [0.1, 0.15) is 17.2 Å². The van der Waals surface area contributed by atoms with Crippen LogP contribution in [0.3, 0.4) is 0 Å². The number of fused-ring (bicyclic) bond motifs is 1. The number of anilines is 1. The van der Waals surface area contributed by atoms with E-state index in [1.165, 1.54) is 25.0 Å². The monoisotopic (exact) mass is 323 g/mol. The molecule has 1 fully saturated rings. The van der Waals surface area contributed by atoms with Crippen molar-refractivity contribution >= 4 is 11.3 Å². The largest absolute Gasteiger partial charge is 0.482 e. The fourth-order valence-corrected chi connectivity index (χ4v) is 3.82. The molecule has 124 valence electrons. The van der Waals surface area contributed by atoms with Gasteiger partial charge in [-0.15, -0.1) is 0 Å². The van der Waals surface area contributed by atoms with E-state index in [1.54, 1.807) is 0 Å². The van der Waals surface area contributed by atoms with Gasteiger partial charge in [-0.25, -0.2) is 4.39 Å². The first-order valence-electron chi connectivity index (χ1n) is 8.75. The van der Waals surface area contributed by atoms with E-state index in [2.05, 4.69) is 36.5 Å². The third-order valence-electron chi connectivity index (χ3n) is 4.98. The van der Waals surface area contributed by atoms with Crippen molar-refractivity contribution in [3.63, 3.8) is 0 Å². The van der Waals surface area contributed by atoms with Crippen LogP contribution in [0.4, 0.5) is 10.1 Å². The molecule has 0 bridgehead atoms. The Kier molecular flexibility index (Phi) is 3.79. The van der Waals surface area contributed by atoms with Crippen LogP contribution in [-0.2, 0) is 0 Å². The van der Waals surface area contributed by atoms with Crippen LogP contribution in [0.1, 0.15) is 43.7 Å². The lowest BCUT2D eigenvalue weighted by Gasteiger charge is -2.34. The minimum atomic E-state index is -0.207. The van der Waals surface area contributed by atoms with Gasteiger partial charge in [-0.1, -0.05) is 12.1 Å². The molecule has 2 aromatic rings. The molecule has 1 aliphatic carbocycles. The Labute approximate surface area is 142 Å². The third kappa shape index (κ3) is 2.68. The Balaban J connectivity index is 1.83. The van der Waals surface area contributed by atoms with Crippen LogP contribution in [0.5, 0.6) is 5.75 Å². The molecule has 0 unspecified atom stereocenters. The number of hydrogen-bond acceptors (Lipinski definition) is 2. The van der Waals surface area contributed by atoms with Crippen molar-refractivity contribution < 1.29 is 9.13 Å². The summed E-state index contributed by atoms with van der Waals surface area (Å²) in [6.07, 6.45) is 6.73. The summed E-state index contributed by atoms with van der Waals surface area (Å²) >= 11 is 0. The van der Waals surface area contributed by atoms with E-state index in [0.717, 1.165) is 47.5 Å². The number of ether oxygens (including phenoxy) is 1. The second-order valence-corrected chi connectivity index (χ2v) is 6.68. The van der Waals surface area contributed by atoms with Gasteiger partial charge in [0.05, 0.1) is 0 Å². The predicted octanol–water partition coefficient (Wildman–Crippen LogP) is 5.39. The fraction of sp³-hybridized carbons (Fsp3) is 0.333. The Morgan fingerprint density at radius 3 is 2.54 bits per heavy atom. The van der Waals surface area contributed by atoms with Gasteiger partial charge in [-0.3, -0.25) is 0 Å². The van der Waals surface area contributed by atoms with E-state index in [1.807, 2.05) is 12.1 Å². The maximum atomic E-state index is 13.3. The molecule has 1 saturated carbocycles. The summed E-state index contributed by atoms with van der Waals surface area (Å²) in [4.78, 5) is 0. The molecule has 1 N–H and O–H groups in total. The third-order valence-corrected chi connectivity index (χ3v) is 4.98. The van der Waals surface area contributed by atoms with E-state index < -0.39 is 0 Å². The highest BCUT2D eigenvalue weighted by molar-refractivity contribution is 5.85. The standard InChI is InChI=1S/C21H22FNO/c1-2-23-17-9-10-18-19(15-5-7-16(22)8-6-15)14-21(11-3-4-12-21)24-20(18)13-17/h5-10,13-14,23H,2-4,11-12H2,1H3. The predicted molar refractivity (Wildman–Crippen MR) is 95.9 cm³/mol. The van der Waals surface area contributed by atoms with Crippen molar-refractivity contribution in [1.29, 1.82) is 0 Å². The average molecular weight is 323 g/mol. The van der Waals surface area contributed by atoms with Crippen molar-refractivity contribution in [2.24, 2.45) is 0 Å². The van der Waals surface area contributed by atoms with Crippen molar-refractivity contribution in [3.05, 3.63) is 65.5 Å². The Morgan fingerprint density at radius 2 is 1.83 bits per heavy atom. The van der Waals surface area contributed by atoms with Gasteiger partial charge < -0.3 is 10.1 Å². The topological polar surface area (TPSA) is 21.3 Å². The highest BCUT2D eigenvalue weighted by Gasteiger charge is 2.38. The summed E-state index contributed by atoms with van der Waals surface area (Å²) < 4.78 is 19.8. The highest BCUT2D eigenvalue weighted by Crippen LogP contribution is 2.46. The Hall–Kier alpha value is -2.29. The Bertz CT molecular complexity index is 773. The lowest BCUT2D eigenvalue weighted by molar-refractivity contribution is 0.124.